The molecule has 0 aliphatic carbocycles. The minimum Gasteiger partial charge on any atom is -0.478 e. The van der Waals surface area contributed by atoms with Gasteiger partial charge >= 0.3 is 5.97 Å². The van der Waals surface area contributed by atoms with Gasteiger partial charge in [0.2, 0.25) is 0 Å². The fourth-order valence-corrected chi connectivity index (χ4v) is 0.963. The molecule has 0 fully saturated rings. The molecule has 0 aromatic carbocycles. The molecular formula is C7H4N2O4. The van der Waals surface area contributed by atoms with E-state index < -0.39 is 11.5 Å². The molecular weight excluding hydrogens is 176 g/mol. The Morgan fingerprint density at radius 2 is 2.38 bits per heavy atom. The van der Waals surface area contributed by atoms with Gasteiger partial charge in [-0.3, -0.25) is 4.79 Å². The van der Waals surface area contributed by atoms with E-state index in [-0.39, 0.29) is 16.7 Å². The number of rotatable bonds is 1. The number of pyridine rings is 1. The van der Waals surface area contributed by atoms with Crippen molar-refractivity contribution in [1.29, 1.82) is 0 Å². The molecule has 0 amide bonds. The van der Waals surface area contributed by atoms with Crippen molar-refractivity contribution in [3.8, 4) is 0 Å². The quantitative estimate of drug-likeness (QED) is 0.654. The lowest BCUT2D eigenvalue weighted by atomic mass is 10.2. The predicted octanol–water partition coefficient (Wildman–Crippen LogP) is 0.214. The van der Waals surface area contributed by atoms with E-state index in [0.717, 1.165) is 6.20 Å². The van der Waals surface area contributed by atoms with Crippen molar-refractivity contribution in [3.63, 3.8) is 0 Å². The van der Waals surface area contributed by atoms with Crippen LogP contribution in [0.25, 0.3) is 11.1 Å². The van der Waals surface area contributed by atoms with Gasteiger partial charge in [0.25, 0.3) is 11.3 Å². The van der Waals surface area contributed by atoms with E-state index in [9.17, 15) is 9.59 Å². The molecule has 2 N–H and O–H groups in total. The molecule has 0 atom stereocenters. The Bertz CT molecular complexity index is 525. The number of aromatic nitrogens is 2. The number of carboxylic acids is 1. The molecule has 0 saturated carbocycles. The van der Waals surface area contributed by atoms with Gasteiger partial charge in [0.1, 0.15) is 5.39 Å². The third-order valence-electron chi connectivity index (χ3n) is 1.58. The highest BCUT2D eigenvalue weighted by atomic mass is 16.5. The lowest BCUT2D eigenvalue weighted by Crippen LogP contribution is -2.01. The maximum Gasteiger partial charge on any atom is 0.337 e. The summed E-state index contributed by atoms with van der Waals surface area (Å²) in [5.74, 6) is -1.13. The Morgan fingerprint density at radius 3 is 3.08 bits per heavy atom. The number of carboxylic acid groups (broad SMARTS) is 1. The number of carbonyl (C=O) groups is 1. The average molecular weight is 180 g/mol. The highest BCUT2D eigenvalue weighted by Gasteiger charge is 2.09. The monoisotopic (exact) mass is 180 g/mol. The summed E-state index contributed by atoms with van der Waals surface area (Å²) in [6.45, 7) is 0. The Kier molecular flexibility index (Phi) is 1.42. The zero-order valence-corrected chi connectivity index (χ0v) is 6.27. The number of nitrogens with one attached hydrogen (secondary N) is 1. The number of aromatic amines is 1. The molecule has 0 spiro atoms. The highest BCUT2D eigenvalue weighted by molar-refractivity contribution is 5.90. The first kappa shape index (κ1) is 7.53. The van der Waals surface area contributed by atoms with E-state index in [2.05, 4.69) is 14.7 Å². The fraction of sp³-hybridized carbons (Fsp3) is 0. The smallest absolute Gasteiger partial charge is 0.337 e. The van der Waals surface area contributed by atoms with Crippen molar-refractivity contribution in [2.24, 2.45) is 0 Å². The van der Waals surface area contributed by atoms with Crippen molar-refractivity contribution in [2.45, 2.75) is 0 Å². The molecule has 2 aromatic heterocycles. The second kappa shape index (κ2) is 2.44. The van der Waals surface area contributed by atoms with Crippen LogP contribution >= 0.6 is 0 Å². The topological polar surface area (TPSA) is 96.2 Å². The predicted molar refractivity (Wildman–Crippen MR) is 41.6 cm³/mol. The van der Waals surface area contributed by atoms with Crippen LogP contribution in [0, 0.1) is 0 Å². The molecule has 6 nitrogen and oxygen atoms in total. The van der Waals surface area contributed by atoms with Crippen molar-refractivity contribution >= 4 is 17.1 Å². The Labute approximate surface area is 70.8 Å². The van der Waals surface area contributed by atoms with Gasteiger partial charge in [-0.05, 0) is 6.07 Å². The summed E-state index contributed by atoms with van der Waals surface area (Å²) in [7, 11) is 0. The largest absolute Gasteiger partial charge is 0.478 e. The first-order valence-electron chi connectivity index (χ1n) is 3.39. The SMILES string of the molecule is O=C(O)c1cnc2o[nH]c(=O)c2c1. The van der Waals surface area contributed by atoms with Crippen LogP contribution in [-0.4, -0.2) is 21.2 Å². The molecule has 0 radical (unpaired) electrons. The number of hydrogen-bond acceptors (Lipinski definition) is 4. The standard InChI is InChI=1S/C7H4N2O4/c10-5-4-1-3(7(11)12)2-8-6(4)13-9-5/h1-2H,(H,9,10)(H,11,12). The number of H-pyrrole nitrogens is 1. The first-order chi connectivity index (χ1) is 6.18. The van der Waals surface area contributed by atoms with Gasteiger partial charge in [0, 0.05) is 6.20 Å². The lowest BCUT2D eigenvalue weighted by Gasteiger charge is -1.89. The number of aromatic carboxylic acids is 1. The summed E-state index contributed by atoms with van der Waals surface area (Å²) in [5.41, 5.74) is -0.417. The number of fused-ring (bicyclic) bond motifs is 1. The zero-order chi connectivity index (χ0) is 9.42. The van der Waals surface area contributed by atoms with Crippen LogP contribution in [0.4, 0.5) is 0 Å². The third kappa shape index (κ3) is 1.08. The Balaban J connectivity index is 2.80. The van der Waals surface area contributed by atoms with Gasteiger partial charge < -0.3 is 9.63 Å². The average Bonchev–Trinajstić information content (AvgIpc) is 2.47. The van der Waals surface area contributed by atoms with Crippen LogP contribution in [-0.2, 0) is 0 Å². The van der Waals surface area contributed by atoms with Crippen LogP contribution in [0.2, 0.25) is 0 Å². The van der Waals surface area contributed by atoms with Gasteiger partial charge in [-0.2, -0.15) is 5.16 Å². The molecule has 2 aromatic rings. The lowest BCUT2D eigenvalue weighted by molar-refractivity contribution is 0.0696. The molecule has 0 aliphatic rings. The van der Waals surface area contributed by atoms with Crippen molar-refractivity contribution in [2.75, 3.05) is 0 Å². The summed E-state index contributed by atoms with van der Waals surface area (Å²) in [6.07, 6.45) is 1.13. The maximum atomic E-state index is 11.0. The van der Waals surface area contributed by atoms with E-state index in [1.54, 1.807) is 0 Å². The second-order valence-corrected chi connectivity index (χ2v) is 2.42. The van der Waals surface area contributed by atoms with Gasteiger partial charge in [0.05, 0.1) is 5.56 Å². The summed E-state index contributed by atoms with van der Waals surface area (Å²) < 4.78 is 4.64. The summed E-state index contributed by atoms with van der Waals surface area (Å²) in [6, 6.07) is 1.22. The van der Waals surface area contributed by atoms with Crippen LogP contribution in [0.5, 0.6) is 0 Å². The van der Waals surface area contributed by atoms with Crippen LogP contribution in [0.15, 0.2) is 21.6 Å². The maximum absolute atomic E-state index is 11.0. The summed E-state index contributed by atoms with van der Waals surface area (Å²) >= 11 is 0. The van der Waals surface area contributed by atoms with Crippen LogP contribution < -0.4 is 5.56 Å². The molecule has 0 aliphatic heterocycles. The van der Waals surface area contributed by atoms with Crippen LogP contribution in [0.1, 0.15) is 10.4 Å². The van der Waals surface area contributed by atoms with E-state index in [0.29, 0.717) is 0 Å². The Morgan fingerprint density at radius 1 is 1.62 bits per heavy atom. The minimum atomic E-state index is -1.13. The molecule has 0 bridgehead atoms. The van der Waals surface area contributed by atoms with Gasteiger partial charge in [-0.1, -0.05) is 0 Å². The van der Waals surface area contributed by atoms with E-state index in [1.165, 1.54) is 6.07 Å². The normalized spacial score (nSPS) is 10.5. The molecule has 0 unspecified atom stereocenters. The van der Waals surface area contributed by atoms with E-state index in [4.69, 9.17) is 5.11 Å². The van der Waals surface area contributed by atoms with E-state index >= 15 is 0 Å². The third-order valence-corrected chi connectivity index (χ3v) is 1.58. The molecule has 2 heterocycles. The second-order valence-electron chi connectivity index (χ2n) is 2.42. The summed E-state index contributed by atoms with van der Waals surface area (Å²) in [5, 5.41) is 10.8. The fourth-order valence-electron chi connectivity index (χ4n) is 0.963. The highest BCUT2D eigenvalue weighted by Crippen LogP contribution is 2.07. The first-order valence-corrected chi connectivity index (χ1v) is 3.39. The zero-order valence-electron chi connectivity index (χ0n) is 6.27. The van der Waals surface area contributed by atoms with Crippen molar-refractivity contribution < 1.29 is 14.4 Å². The molecule has 0 saturated heterocycles. The van der Waals surface area contributed by atoms with Gasteiger partial charge in [-0.25, -0.2) is 9.78 Å². The Hall–Kier alpha value is -2.11. The number of nitrogens with zero attached hydrogens (tertiary/aromatic N) is 1. The molecule has 66 valence electrons. The molecule has 6 heteroatoms. The van der Waals surface area contributed by atoms with Crippen molar-refractivity contribution in [1.82, 2.24) is 10.1 Å². The van der Waals surface area contributed by atoms with Gasteiger partial charge in [-0.15, -0.1) is 0 Å². The molecule has 2 rings (SSSR count). The van der Waals surface area contributed by atoms with Gasteiger partial charge in [0.15, 0.2) is 0 Å². The number of hydrogen-bond donors (Lipinski definition) is 2. The molecule has 13 heavy (non-hydrogen) atoms. The van der Waals surface area contributed by atoms with E-state index in [1.807, 2.05) is 0 Å². The summed E-state index contributed by atoms with van der Waals surface area (Å²) in [4.78, 5) is 25.1. The van der Waals surface area contributed by atoms with Crippen molar-refractivity contribution in [3.05, 3.63) is 28.2 Å². The minimum absolute atomic E-state index is 0.0422. The van der Waals surface area contributed by atoms with Crippen LogP contribution in [0.3, 0.4) is 0 Å².